The second-order valence-electron chi connectivity index (χ2n) is 6.19. The van der Waals surface area contributed by atoms with Gasteiger partial charge in [0.25, 0.3) is 0 Å². The third-order valence-corrected chi connectivity index (χ3v) is 4.51. The summed E-state index contributed by atoms with van der Waals surface area (Å²) < 4.78 is 7.52. The molecule has 130 valence electrons. The molecule has 2 aromatic heterocycles. The zero-order valence-corrected chi connectivity index (χ0v) is 14.5. The highest BCUT2D eigenvalue weighted by Gasteiger charge is 2.13. The molecule has 0 spiro atoms. The van der Waals surface area contributed by atoms with Crippen molar-refractivity contribution in [2.24, 2.45) is 0 Å². The lowest BCUT2D eigenvalue weighted by Crippen LogP contribution is -2.36. The van der Waals surface area contributed by atoms with E-state index in [-0.39, 0.29) is 0 Å². The molecule has 0 amide bonds. The van der Waals surface area contributed by atoms with E-state index in [0.29, 0.717) is 0 Å². The zero-order valence-electron chi connectivity index (χ0n) is 14.5. The Kier molecular flexibility index (Phi) is 4.52. The minimum absolute atomic E-state index is 0.801. The van der Waals surface area contributed by atoms with E-state index in [4.69, 9.17) is 4.74 Å². The van der Waals surface area contributed by atoms with Gasteiger partial charge in [0.05, 0.1) is 25.1 Å². The molecule has 1 aliphatic rings. The van der Waals surface area contributed by atoms with E-state index in [1.807, 2.05) is 18.6 Å². The lowest BCUT2D eigenvalue weighted by molar-refractivity contribution is 0.122. The Morgan fingerprint density at radius 3 is 2.68 bits per heavy atom. The summed E-state index contributed by atoms with van der Waals surface area (Å²) in [6.07, 6.45) is 6.75. The van der Waals surface area contributed by atoms with Crippen molar-refractivity contribution in [3.63, 3.8) is 0 Å². The lowest BCUT2D eigenvalue weighted by atomic mass is 10.1. The lowest BCUT2D eigenvalue weighted by Gasteiger charge is -2.28. The molecule has 1 fully saturated rings. The van der Waals surface area contributed by atoms with Crippen LogP contribution in [0, 0.1) is 0 Å². The van der Waals surface area contributed by atoms with Crippen molar-refractivity contribution in [2.45, 2.75) is 13.3 Å². The van der Waals surface area contributed by atoms with Crippen molar-refractivity contribution >= 4 is 17.2 Å². The largest absolute Gasteiger partial charge is 0.378 e. The van der Waals surface area contributed by atoms with Crippen LogP contribution in [-0.2, 0) is 4.74 Å². The first-order chi connectivity index (χ1) is 12.4. The molecule has 6 heteroatoms. The first-order valence-electron chi connectivity index (χ1n) is 8.86. The minimum Gasteiger partial charge on any atom is -0.378 e. The average Bonchev–Trinajstić information content (AvgIpc) is 3.12. The molecule has 25 heavy (non-hydrogen) atoms. The Hall–Kier alpha value is -2.60. The van der Waals surface area contributed by atoms with E-state index in [1.165, 1.54) is 5.69 Å². The first-order valence-corrected chi connectivity index (χ1v) is 8.86. The summed E-state index contributed by atoms with van der Waals surface area (Å²) in [6.45, 7) is 6.54. The van der Waals surface area contributed by atoms with Crippen molar-refractivity contribution in [1.29, 1.82) is 0 Å². The third-order valence-electron chi connectivity index (χ3n) is 4.51. The number of ether oxygens (including phenoxy) is 1. The number of anilines is 2. The maximum atomic E-state index is 5.43. The first kappa shape index (κ1) is 15.9. The van der Waals surface area contributed by atoms with Gasteiger partial charge in [-0.1, -0.05) is 19.1 Å². The molecule has 1 N–H and O–H groups in total. The van der Waals surface area contributed by atoms with Gasteiger partial charge in [-0.05, 0) is 18.6 Å². The van der Waals surface area contributed by atoms with Crippen molar-refractivity contribution < 1.29 is 4.74 Å². The summed E-state index contributed by atoms with van der Waals surface area (Å²) in [6, 6.07) is 8.68. The van der Waals surface area contributed by atoms with Gasteiger partial charge in [0.15, 0.2) is 11.5 Å². The van der Waals surface area contributed by atoms with Gasteiger partial charge in [0, 0.05) is 43.3 Å². The fourth-order valence-electron chi connectivity index (χ4n) is 3.17. The second-order valence-corrected chi connectivity index (χ2v) is 6.19. The van der Waals surface area contributed by atoms with E-state index in [0.717, 1.165) is 62.0 Å². The van der Waals surface area contributed by atoms with Gasteiger partial charge in [-0.25, -0.2) is 9.97 Å². The number of fused-ring (bicyclic) bond motifs is 1. The maximum absolute atomic E-state index is 5.43. The second kappa shape index (κ2) is 7.11. The van der Waals surface area contributed by atoms with Crippen LogP contribution in [0.5, 0.6) is 0 Å². The number of imidazole rings is 1. The average molecular weight is 337 g/mol. The molecule has 0 atom stereocenters. The molecule has 0 saturated carbocycles. The summed E-state index contributed by atoms with van der Waals surface area (Å²) in [4.78, 5) is 11.3. The molecule has 4 rings (SSSR count). The van der Waals surface area contributed by atoms with Gasteiger partial charge in [-0.2, -0.15) is 0 Å². The van der Waals surface area contributed by atoms with Crippen LogP contribution in [0.25, 0.3) is 16.9 Å². The maximum Gasteiger partial charge on any atom is 0.180 e. The Balaban J connectivity index is 1.63. The van der Waals surface area contributed by atoms with Crippen LogP contribution in [0.3, 0.4) is 0 Å². The van der Waals surface area contributed by atoms with Crippen molar-refractivity contribution in [3.05, 3.63) is 42.9 Å². The highest BCUT2D eigenvalue weighted by atomic mass is 16.5. The number of aromatic nitrogens is 3. The molecule has 0 radical (unpaired) electrons. The van der Waals surface area contributed by atoms with Crippen LogP contribution in [-0.4, -0.2) is 47.2 Å². The molecular weight excluding hydrogens is 314 g/mol. The van der Waals surface area contributed by atoms with Crippen LogP contribution in [0.4, 0.5) is 11.5 Å². The summed E-state index contributed by atoms with van der Waals surface area (Å²) in [5, 5.41) is 3.34. The van der Waals surface area contributed by atoms with Gasteiger partial charge < -0.3 is 15.0 Å². The quantitative estimate of drug-likeness (QED) is 0.775. The third kappa shape index (κ3) is 3.17. The van der Waals surface area contributed by atoms with E-state index in [2.05, 4.69) is 55.8 Å². The minimum atomic E-state index is 0.801. The summed E-state index contributed by atoms with van der Waals surface area (Å²) in [7, 11) is 0. The molecule has 3 heterocycles. The van der Waals surface area contributed by atoms with Gasteiger partial charge in [-0.15, -0.1) is 0 Å². The molecule has 3 aromatic rings. The topological polar surface area (TPSA) is 54.7 Å². The number of morpholine rings is 1. The van der Waals surface area contributed by atoms with Gasteiger partial charge in [-0.3, -0.25) is 4.40 Å². The molecule has 0 bridgehead atoms. The van der Waals surface area contributed by atoms with Crippen molar-refractivity contribution in [1.82, 2.24) is 14.4 Å². The van der Waals surface area contributed by atoms with Crippen molar-refractivity contribution in [3.8, 4) is 11.3 Å². The Morgan fingerprint density at radius 2 is 1.92 bits per heavy atom. The number of rotatable bonds is 5. The molecule has 6 nitrogen and oxygen atoms in total. The SMILES string of the molecule is CCCNc1nccn2c(-c3ccc(N4CCOCC4)cc3)cnc12. The number of hydrogen-bond acceptors (Lipinski definition) is 5. The van der Waals surface area contributed by atoms with Gasteiger partial charge in [0.1, 0.15) is 0 Å². The van der Waals surface area contributed by atoms with E-state index < -0.39 is 0 Å². The molecule has 1 saturated heterocycles. The monoisotopic (exact) mass is 337 g/mol. The van der Waals surface area contributed by atoms with Crippen molar-refractivity contribution in [2.75, 3.05) is 43.1 Å². The molecule has 1 aromatic carbocycles. The van der Waals surface area contributed by atoms with Crippen LogP contribution in [0.1, 0.15) is 13.3 Å². The van der Waals surface area contributed by atoms with Crippen LogP contribution in [0.15, 0.2) is 42.9 Å². The summed E-state index contributed by atoms with van der Waals surface area (Å²) in [5.41, 5.74) is 4.33. The normalized spacial score (nSPS) is 14.8. The summed E-state index contributed by atoms with van der Waals surface area (Å²) in [5.74, 6) is 0.834. The Bertz CT molecular complexity index is 837. The Labute approximate surface area is 147 Å². The number of hydrogen-bond donors (Lipinski definition) is 1. The zero-order chi connectivity index (χ0) is 17.1. The molecule has 0 unspecified atom stereocenters. The van der Waals surface area contributed by atoms with Crippen LogP contribution < -0.4 is 10.2 Å². The predicted octanol–water partition coefficient (Wildman–Crippen LogP) is 3.05. The molecule has 0 aliphatic carbocycles. The fraction of sp³-hybridized carbons (Fsp3) is 0.368. The van der Waals surface area contributed by atoms with Crippen LogP contribution >= 0.6 is 0 Å². The van der Waals surface area contributed by atoms with E-state index in [9.17, 15) is 0 Å². The van der Waals surface area contributed by atoms with Crippen LogP contribution in [0.2, 0.25) is 0 Å². The van der Waals surface area contributed by atoms with E-state index >= 15 is 0 Å². The highest BCUT2D eigenvalue weighted by molar-refractivity contribution is 5.71. The van der Waals surface area contributed by atoms with E-state index in [1.54, 1.807) is 0 Å². The number of nitrogens with one attached hydrogen (secondary N) is 1. The standard InChI is InChI=1S/C19H23N5O/c1-2-7-20-18-19-22-14-17(24(19)9-8-21-18)15-3-5-16(6-4-15)23-10-12-25-13-11-23/h3-6,8-9,14H,2,7,10-13H2,1H3,(H,20,21). The number of benzene rings is 1. The summed E-state index contributed by atoms with van der Waals surface area (Å²) >= 11 is 0. The molecule has 1 aliphatic heterocycles. The Morgan fingerprint density at radius 1 is 1.12 bits per heavy atom. The fourth-order valence-corrected chi connectivity index (χ4v) is 3.17. The van der Waals surface area contributed by atoms with Gasteiger partial charge in [0.2, 0.25) is 0 Å². The highest BCUT2D eigenvalue weighted by Crippen LogP contribution is 2.26. The predicted molar refractivity (Wildman–Crippen MR) is 100 cm³/mol. The number of nitrogens with zero attached hydrogens (tertiary/aromatic N) is 4. The smallest absolute Gasteiger partial charge is 0.180 e. The molecular formula is C19H23N5O. The van der Waals surface area contributed by atoms with Gasteiger partial charge >= 0.3 is 0 Å².